The number of benzene rings is 1. The number of hydrogen-bond donors (Lipinski definition) is 1. The minimum Gasteiger partial charge on any atom is -0.310 e. The van der Waals surface area contributed by atoms with E-state index in [1.54, 1.807) is 0 Å². The van der Waals surface area contributed by atoms with Crippen molar-refractivity contribution in [2.45, 2.75) is 38.2 Å². The molecule has 0 aliphatic heterocycles. The maximum Gasteiger partial charge on any atom is 0.0406 e. The Balaban J connectivity index is 2.33. The van der Waals surface area contributed by atoms with Gasteiger partial charge in [0.1, 0.15) is 0 Å². The molecule has 0 radical (unpaired) electrons. The van der Waals surface area contributed by atoms with Gasteiger partial charge >= 0.3 is 0 Å². The molecule has 1 N–H and O–H groups in total. The summed E-state index contributed by atoms with van der Waals surface area (Å²) in [5.74, 6) is 0. The van der Waals surface area contributed by atoms with Gasteiger partial charge in [0.2, 0.25) is 0 Å². The van der Waals surface area contributed by atoms with Crippen molar-refractivity contribution in [1.29, 1.82) is 0 Å². The van der Waals surface area contributed by atoms with Gasteiger partial charge in [0.25, 0.3) is 0 Å². The Kier molecular flexibility index (Phi) is 5.44. The van der Waals surface area contributed by atoms with Gasteiger partial charge in [0.15, 0.2) is 0 Å². The van der Waals surface area contributed by atoms with Crippen LogP contribution in [0.15, 0.2) is 24.3 Å². The van der Waals surface area contributed by atoms with E-state index in [9.17, 15) is 0 Å². The van der Waals surface area contributed by atoms with Crippen LogP contribution in [-0.4, -0.2) is 11.4 Å². The molecule has 0 aliphatic rings. The van der Waals surface area contributed by atoms with Crippen molar-refractivity contribution in [3.63, 3.8) is 0 Å². The zero-order valence-corrected chi connectivity index (χ0v) is 10.6. The summed E-state index contributed by atoms with van der Waals surface area (Å²) in [6.07, 6.45) is 0.981. The molecule has 2 atom stereocenters. The summed E-state index contributed by atoms with van der Waals surface area (Å²) in [5, 5.41) is 4.42. The number of nitrogens with one attached hydrogen (secondary N) is 1. The molecule has 1 nitrogen and oxygen atoms in total. The first kappa shape index (κ1) is 12.8. The van der Waals surface area contributed by atoms with Crippen LogP contribution in [0, 0.1) is 0 Å². The first-order valence-corrected chi connectivity index (χ1v) is 6.01. The number of hydrogen-bond acceptors (Lipinski definition) is 1. The highest BCUT2D eigenvalue weighted by atomic mass is 35.5. The second kappa shape index (κ2) is 6.37. The van der Waals surface area contributed by atoms with Crippen LogP contribution in [0.4, 0.5) is 0 Å². The maximum atomic E-state index is 5.92. The van der Waals surface area contributed by atoms with Crippen LogP contribution in [-0.2, 0) is 6.54 Å². The molecule has 1 rings (SSSR count). The molecule has 0 saturated carbocycles. The van der Waals surface area contributed by atoms with E-state index in [0.29, 0.717) is 6.04 Å². The standard InChI is InChI=1S/C12H17Cl2N/c1-9(13)7-10(2)15-8-11-3-5-12(14)6-4-11/h3-6,9-10,15H,7-8H2,1-2H3. The second-order valence-corrected chi connectivity index (χ2v) is 5.11. The molecule has 0 aromatic heterocycles. The van der Waals surface area contributed by atoms with Gasteiger partial charge in [-0.3, -0.25) is 0 Å². The van der Waals surface area contributed by atoms with Gasteiger partial charge in [-0.1, -0.05) is 23.7 Å². The Morgan fingerprint density at radius 1 is 1.20 bits per heavy atom. The summed E-state index contributed by atoms with van der Waals surface area (Å²) in [7, 11) is 0. The second-order valence-electron chi connectivity index (χ2n) is 3.92. The molecule has 0 heterocycles. The van der Waals surface area contributed by atoms with E-state index >= 15 is 0 Å². The van der Waals surface area contributed by atoms with E-state index in [-0.39, 0.29) is 5.38 Å². The Labute approximate surface area is 102 Å². The molecule has 0 spiro atoms. The van der Waals surface area contributed by atoms with Crippen molar-refractivity contribution < 1.29 is 0 Å². The van der Waals surface area contributed by atoms with Gasteiger partial charge in [-0.05, 0) is 38.0 Å². The van der Waals surface area contributed by atoms with Gasteiger partial charge in [0.05, 0.1) is 0 Å². The van der Waals surface area contributed by atoms with E-state index < -0.39 is 0 Å². The summed E-state index contributed by atoms with van der Waals surface area (Å²) in [5.41, 5.74) is 1.24. The molecule has 0 aliphatic carbocycles. The van der Waals surface area contributed by atoms with E-state index in [1.165, 1.54) is 5.56 Å². The molecule has 0 bridgehead atoms. The van der Waals surface area contributed by atoms with E-state index in [0.717, 1.165) is 18.0 Å². The van der Waals surface area contributed by atoms with E-state index in [4.69, 9.17) is 23.2 Å². The lowest BCUT2D eigenvalue weighted by molar-refractivity contribution is 0.511. The molecule has 1 aromatic carbocycles. The molecule has 3 heteroatoms. The lowest BCUT2D eigenvalue weighted by Crippen LogP contribution is -2.27. The van der Waals surface area contributed by atoms with Crippen LogP contribution >= 0.6 is 23.2 Å². The Morgan fingerprint density at radius 3 is 2.33 bits per heavy atom. The monoisotopic (exact) mass is 245 g/mol. The smallest absolute Gasteiger partial charge is 0.0406 e. The summed E-state index contributed by atoms with van der Waals surface area (Å²) < 4.78 is 0. The predicted octanol–water partition coefficient (Wildman–Crippen LogP) is 3.84. The fraction of sp³-hybridized carbons (Fsp3) is 0.500. The van der Waals surface area contributed by atoms with Crippen LogP contribution < -0.4 is 5.32 Å². The zero-order chi connectivity index (χ0) is 11.3. The minimum atomic E-state index is 0.220. The van der Waals surface area contributed by atoms with Crippen LogP contribution in [0.1, 0.15) is 25.8 Å². The van der Waals surface area contributed by atoms with Gasteiger partial charge in [0, 0.05) is 23.0 Å². The van der Waals surface area contributed by atoms with Crippen molar-refractivity contribution >= 4 is 23.2 Å². The summed E-state index contributed by atoms with van der Waals surface area (Å²) in [6, 6.07) is 8.33. The van der Waals surface area contributed by atoms with Crippen molar-refractivity contribution in [2.24, 2.45) is 0 Å². The minimum absolute atomic E-state index is 0.220. The maximum absolute atomic E-state index is 5.92. The third-order valence-corrected chi connectivity index (χ3v) is 2.68. The normalized spacial score (nSPS) is 14.9. The first-order valence-electron chi connectivity index (χ1n) is 5.20. The predicted molar refractivity (Wildman–Crippen MR) is 67.7 cm³/mol. The largest absolute Gasteiger partial charge is 0.310 e. The summed E-state index contributed by atoms with van der Waals surface area (Å²) >= 11 is 11.7. The van der Waals surface area contributed by atoms with E-state index in [2.05, 4.69) is 12.2 Å². The molecule has 2 unspecified atom stereocenters. The number of rotatable bonds is 5. The van der Waals surface area contributed by atoms with Gasteiger partial charge in [-0.2, -0.15) is 0 Å². The SMILES string of the molecule is CC(Cl)CC(C)NCc1ccc(Cl)cc1. The molecule has 0 fully saturated rings. The molecule has 0 amide bonds. The quantitative estimate of drug-likeness (QED) is 0.778. The fourth-order valence-electron chi connectivity index (χ4n) is 1.46. The number of halogens is 2. The average molecular weight is 246 g/mol. The lowest BCUT2D eigenvalue weighted by Gasteiger charge is -2.14. The zero-order valence-electron chi connectivity index (χ0n) is 9.13. The number of alkyl halides is 1. The average Bonchev–Trinajstić information content (AvgIpc) is 2.16. The fourth-order valence-corrected chi connectivity index (χ4v) is 1.86. The Morgan fingerprint density at radius 2 is 1.80 bits per heavy atom. The summed E-state index contributed by atoms with van der Waals surface area (Å²) in [6.45, 7) is 5.03. The molecule has 15 heavy (non-hydrogen) atoms. The summed E-state index contributed by atoms with van der Waals surface area (Å²) in [4.78, 5) is 0. The molecular weight excluding hydrogens is 229 g/mol. The van der Waals surface area contributed by atoms with Crippen molar-refractivity contribution in [2.75, 3.05) is 0 Å². The highest BCUT2D eigenvalue weighted by Crippen LogP contribution is 2.10. The first-order chi connectivity index (χ1) is 7.08. The Hall–Kier alpha value is -0.240. The molecule has 0 saturated heterocycles. The molecule has 84 valence electrons. The molecular formula is C12H17Cl2N. The lowest BCUT2D eigenvalue weighted by atomic mass is 10.1. The van der Waals surface area contributed by atoms with Gasteiger partial charge < -0.3 is 5.32 Å². The van der Waals surface area contributed by atoms with Crippen molar-refractivity contribution in [3.8, 4) is 0 Å². The molecule has 1 aromatic rings. The van der Waals surface area contributed by atoms with Crippen molar-refractivity contribution in [3.05, 3.63) is 34.9 Å². The third-order valence-electron chi connectivity index (χ3n) is 2.25. The van der Waals surface area contributed by atoms with Crippen LogP contribution in [0.25, 0.3) is 0 Å². The van der Waals surface area contributed by atoms with E-state index in [1.807, 2.05) is 31.2 Å². The van der Waals surface area contributed by atoms with Crippen LogP contribution in [0.5, 0.6) is 0 Å². The third kappa shape index (κ3) is 5.41. The van der Waals surface area contributed by atoms with Crippen LogP contribution in [0.2, 0.25) is 5.02 Å². The highest BCUT2D eigenvalue weighted by molar-refractivity contribution is 6.30. The topological polar surface area (TPSA) is 12.0 Å². The van der Waals surface area contributed by atoms with Crippen LogP contribution in [0.3, 0.4) is 0 Å². The van der Waals surface area contributed by atoms with Gasteiger partial charge in [-0.25, -0.2) is 0 Å². The van der Waals surface area contributed by atoms with Gasteiger partial charge in [-0.15, -0.1) is 11.6 Å². The highest BCUT2D eigenvalue weighted by Gasteiger charge is 2.05. The van der Waals surface area contributed by atoms with Crippen molar-refractivity contribution in [1.82, 2.24) is 5.32 Å². The Bertz CT molecular complexity index is 282.